The lowest BCUT2D eigenvalue weighted by atomic mass is 9.85. The Morgan fingerprint density at radius 3 is 1.63 bits per heavy atom. The summed E-state index contributed by atoms with van der Waals surface area (Å²) in [5.74, 6) is -0.438. The molecule has 0 heterocycles. The van der Waals surface area contributed by atoms with Gasteiger partial charge in [0.25, 0.3) is 0 Å². The lowest BCUT2D eigenvalue weighted by Crippen LogP contribution is -2.05. The van der Waals surface area contributed by atoms with Crippen LogP contribution in [0.5, 0.6) is 0 Å². The highest BCUT2D eigenvalue weighted by molar-refractivity contribution is 6.31. The lowest BCUT2D eigenvalue weighted by Gasteiger charge is -2.17. The normalized spacial score (nSPS) is 10.8. The second kappa shape index (κ2) is 9.87. The fourth-order valence-electron chi connectivity index (χ4n) is 4.14. The molecule has 5 rings (SSSR count). The molecule has 0 fully saturated rings. The van der Waals surface area contributed by atoms with Crippen LogP contribution in [0.25, 0.3) is 33.4 Å². The Morgan fingerprint density at radius 1 is 0.543 bits per heavy atom. The molecular formula is C31H19Cl2FO. The topological polar surface area (TPSA) is 17.1 Å². The zero-order chi connectivity index (χ0) is 24.4. The van der Waals surface area contributed by atoms with Crippen LogP contribution < -0.4 is 0 Å². The number of hydrogen-bond acceptors (Lipinski definition) is 1. The van der Waals surface area contributed by atoms with E-state index in [0.29, 0.717) is 21.2 Å². The van der Waals surface area contributed by atoms with Crippen molar-refractivity contribution in [2.75, 3.05) is 0 Å². The minimum absolute atomic E-state index is 0.119. The summed E-state index contributed by atoms with van der Waals surface area (Å²) in [6.07, 6.45) is 0. The molecule has 0 aliphatic carbocycles. The number of benzene rings is 5. The number of ketones is 1. The maximum Gasteiger partial charge on any atom is 0.193 e. The molecule has 4 heteroatoms. The summed E-state index contributed by atoms with van der Waals surface area (Å²) in [5, 5.41) is 1.20. The van der Waals surface area contributed by atoms with E-state index in [-0.39, 0.29) is 11.6 Å². The summed E-state index contributed by atoms with van der Waals surface area (Å²) in [6.45, 7) is 0. The smallest absolute Gasteiger partial charge is 0.193 e. The predicted molar refractivity (Wildman–Crippen MR) is 143 cm³/mol. The Bertz CT molecular complexity index is 1490. The van der Waals surface area contributed by atoms with E-state index < -0.39 is 0 Å². The predicted octanol–water partition coefficient (Wildman–Crippen LogP) is 9.36. The highest BCUT2D eigenvalue weighted by Gasteiger charge is 2.20. The Hall–Kier alpha value is -3.72. The zero-order valence-electron chi connectivity index (χ0n) is 18.5. The van der Waals surface area contributed by atoms with Crippen molar-refractivity contribution in [3.05, 3.63) is 142 Å². The fourth-order valence-corrected chi connectivity index (χ4v) is 4.39. The van der Waals surface area contributed by atoms with Crippen molar-refractivity contribution in [2.45, 2.75) is 0 Å². The SMILES string of the molecule is O=C(c1ccc(Cl)cc1)c1cc(-c2ccc(F)cc2)c(-c2ccc(Cl)cc2)cc1-c1ccccc1. The summed E-state index contributed by atoms with van der Waals surface area (Å²) in [4.78, 5) is 13.8. The van der Waals surface area contributed by atoms with Gasteiger partial charge in [-0.05, 0) is 94.0 Å². The molecule has 0 bridgehead atoms. The van der Waals surface area contributed by atoms with Gasteiger partial charge in [0.15, 0.2) is 5.78 Å². The highest BCUT2D eigenvalue weighted by atomic mass is 35.5. The largest absolute Gasteiger partial charge is 0.289 e. The Labute approximate surface area is 213 Å². The van der Waals surface area contributed by atoms with Gasteiger partial charge >= 0.3 is 0 Å². The number of rotatable bonds is 5. The molecule has 0 saturated heterocycles. The average Bonchev–Trinajstić information content (AvgIpc) is 2.89. The first kappa shape index (κ1) is 23.0. The Morgan fingerprint density at radius 2 is 1.03 bits per heavy atom. The number of carbonyl (C=O) groups is 1. The average molecular weight is 497 g/mol. The molecule has 0 aromatic heterocycles. The Balaban J connectivity index is 1.80. The van der Waals surface area contributed by atoms with E-state index in [4.69, 9.17) is 23.2 Å². The molecule has 5 aromatic rings. The third-order valence-corrected chi connectivity index (χ3v) is 6.41. The molecule has 0 atom stereocenters. The van der Waals surface area contributed by atoms with Gasteiger partial charge in [0.1, 0.15) is 5.82 Å². The third kappa shape index (κ3) is 4.90. The van der Waals surface area contributed by atoms with Crippen molar-refractivity contribution >= 4 is 29.0 Å². The van der Waals surface area contributed by atoms with Crippen molar-refractivity contribution < 1.29 is 9.18 Å². The van der Waals surface area contributed by atoms with Crippen molar-refractivity contribution in [1.82, 2.24) is 0 Å². The van der Waals surface area contributed by atoms with Gasteiger partial charge in [-0.3, -0.25) is 4.79 Å². The standard InChI is InChI=1S/C31H19Cl2FO/c32-24-12-6-21(7-13-24)27-18-29(20-4-2-1-3-5-20)30(31(35)23-8-14-25(33)15-9-23)19-28(27)22-10-16-26(34)17-11-22/h1-19H. The minimum Gasteiger partial charge on any atom is -0.289 e. The first-order valence-corrected chi connectivity index (χ1v) is 11.8. The van der Waals surface area contributed by atoms with E-state index in [1.807, 2.05) is 66.7 Å². The van der Waals surface area contributed by atoms with E-state index in [2.05, 4.69) is 0 Å². The van der Waals surface area contributed by atoms with Gasteiger partial charge in [0, 0.05) is 21.2 Å². The molecule has 170 valence electrons. The summed E-state index contributed by atoms with van der Waals surface area (Å²) in [6, 6.07) is 34.5. The van der Waals surface area contributed by atoms with Gasteiger partial charge in [-0.2, -0.15) is 0 Å². The van der Waals surface area contributed by atoms with E-state index in [1.54, 1.807) is 36.4 Å². The van der Waals surface area contributed by atoms with E-state index in [1.165, 1.54) is 12.1 Å². The van der Waals surface area contributed by atoms with E-state index in [0.717, 1.165) is 33.4 Å². The van der Waals surface area contributed by atoms with Crippen LogP contribution in [-0.4, -0.2) is 5.78 Å². The molecule has 0 N–H and O–H groups in total. The molecule has 0 amide bonds. The van der Waals surface area contributed by atoms with Gasteiger partial charge in [0.05, 0.1) is 0 Å². The maximum atomic E-state index is 13.8. The Kier molecular flexibility index (Phi) is 6.50. The lowest BCUT2D eigenvalue weighted by molar-refractivity contribution is 0.103. The van der Waals surface area contributed by atoms with Crippen LogP contribution >= 0.6 is 23.2 Å². The van der Waals surface area contributed by atoms with Crippen LogP contribution in [0.2, 0.25) is 10.0 Å². The first-order valence-electron chi connectivity index (χ1n) is 11.1. The number of halogens is 3. The monoisotopic (exact) mass is 496 g/mol. The zero-order valence-corrected chi connectivity index (χ0v) is 20.0. The van der Waals surface area contributed by atoms with Crippen molar-refractivity contribution in [1.29, 1.82) is 0 Å². The van der Waals surface area contributed by atoms with Crippen molar-refractivity contribution in [3.63, 3.8) is 0 Å². The molecule has 0 aliphatic rings. The van der Waals surface area contributed by atoms with Crippen LogP contribution in [0.4, 0.5) is 4.39 Å². The van der Waals surface area contributed by atoms with Crippen LogP contribution in [0.1, 0.15) is 15.9 Å². The third-order valence-electron chi connectivity index (χ3n) is 5.90. The van der Waals surface area contributed by atoms with Gasteiger partial charge in [-0.1, -0.05) is 77.8 Å². The quantitative estimate of drug-likeness (QED) is 0.221. The van der Waals surface area contributed by atoms with Crippen LogP contribution in [0, 0.1) is 5.82 Å². The van der Waals surface area contributed by atoms with Crippen molar-refractivity contribution in [3.8, 4) is 33.4 Å². The van der Waals surface area contributed by atoms with E-state index >= 15 is 0 Å². The molecule has 1 nitrogen and oxygen atoms in total. The molecule has 0 aliphatic heterocycles. The van der Waals surface area contributed by atoms with Crippen LogP contribution in [0.3, 0.4) is 0 Å². The number of carbonyl (C=O) groups excluding carboxylic acids is 1. The minimum atomic E-state index is -0.319. The molecule has 0 unspecified atom stereocenters. The summed E-state index contributed by atoms with van der Waals surface area (Å²) in [7, 11) is 0. The second-order valence-electron chi connectivity index (χ2n) is 8.16. The molecule has 0 radical (unpaired) electrons. The number of hydrogen-bond donors (Lipinski definition) is 0. The van der Waals surface area contributed by atoms with Gasteiger partial charge in [-0.25, -0.2) is 4.39 Å². The van der Waals surface area contributed by atoms with Crippen LogP contribution in [-0.2, 0) is 0 Å². The van der Waals surface area contributed by atoms with Crippen molar-refractivity contribution in [2.24, 2.45) is 0 Å². The molecule has 5 aromatic carbocycles. The first-order chi connectivity index (χ1) is 17.0. The maximum absolute atomic E-state index is 13.8. The summed E-state index contributed by atoms with van der Waals surface area (Å²) in [5.41, 5.74) is 6.31. The van der Waals surface area contributed by atoms with Gasteiger partial charge < -0.3 is 0 Å². The molecule has 0 saturated carbocycles. The van der Waals surface area contributed by atoms with Crippen LogP contribution in [0.15, 0.2) is 115 Å². The molecular weight excluding hydrogens is 478 g/mol. The highest BCUT2D eigenvalue weighted by Crippen LogP contribution is 2.39. The van der Waals surface area contributed by atoms with E-state index in [9.17, 15) is 9.18 Å². The summed E-state index contributed by atoms with van der Waals surface area (Å²) < 4.78 is 13.7. The fraction of sp³-hybridized carbons (Fsp3) is 0. The van der Waals surface area contributed by atoms with Gasteiger partial charge in [-0.15, -0.1) is 0 Å². The summed E-state index contributed by atoms with van der Waals surface area (Å²) >= 11 is 12.2. The second-order valence-corrected chi connectivity index (χ2v) is 9.03. The van der Waals surface area contributed by atoms with Gasteiger partial charge in [0.2, 0.25) is 0 Å². The molecule has 35 heavy (non-hydrogen) atoms. The molecule has 0 spiro atoms.